The fraction of sp³-hybridized carbons (Fsp3) is 0.625. The zero-order valence-electron chi connectivity index (χ0n) is 6.06. The molecule has 0 unspecified atom stereocenters. The lowest BCUT2D eigenvalue weighted by Gasteiger charge is -2.19. The van der Waals surface area contributed by atoms with E-state index in [1.807, 2.05) is 0 Å². The maximum atomic E-state index is 4.25. The molecular weight excluding hydrogens is 124 g/mol. The van der Waals surface area contributed by atoms with Gasteiger partial charge in [0.05, 0.1) is 5.71 Å². The second-order valence-electron chi connectivity index (χ2n) is 2.84. The van der Waals surface area contributed by atoms with Crippen molar-refractivity contribution >= 4 is 5.71 Å². The Morgan fingerprint density at radius 2 is 2.40 bits per heavy atom. The zero-order chi connectivity index (χ0) is 6.81. The fourth-order valence-corrected chi connectivity index (χ4v) is 1.54. The van der Waals surface area contributed by atoms with Crippen LogP contribution < -0.4 is 5.43 Å². The van der Waals surface area contributed by atoms with Crippen LogP contribution in [0.15, 0.2) is 16.8 Å². The summed E-state index contributed by atoms with van der Waals surface area (Å²) in [5.74, 6) is 0. The van der Waals surface area contributed by atoms with E-state index in [1.54, 1.807) is 0 Å². The van der Waals surface area contributed by atoms with Crippen molar-refractivity contribution < 1.29 is 0 Å². The number of rotatable bonds is 0. The molecule has 1 aliphatic carbocycles. The molecule has 0 aromatic carbocycles. The van der Waals surface area contributed by atoms with Gasteiger partial charge < -0.3 is 5.43 Å². The number of allylic oxidation sites excluding steroid dienone is 1. The Kier molecular flexibility index (Phi) is 1.46. The summed E-state index contributed by atoms with van der Waals surface area (Å²) in [6, 6.07) is 0. The van der Waals surface area contributed by atoms with Crippen LogP contribution in [0, 0.1) is 0 Å². The van der Waals surface area contributed by atoms with Gasteiger partial charge in [0.25, 0.3) is 0 Å². The van der Waals surface area contributed by atoms with Crippen molar-refractivity contribution in [1.82, 2.24) is 5.43 Å². The van der Waals surface area contributed by atoms with Crippen molar-refractivity contribution in [3.05, 3.63) is 11.6 Å². The lowest BCUT2D eigenvalue weighted by atomic mass is 9.94. The van der Waals surface area contributed by atoms with Gasteiger partial charge in [0.2, 0.25) is 0 Å². The lowest BCUT2D eigenvalue weighted by Crippen LogP contribution is -2.23. The second-order valence-corrected chi connectivity index (χ2v) is 2.84. The van der Waals surface area contributed by atoms with Crippen molar-refractivity contribution in [3.63, 3.8) is 0 Å². The second kappa shape index (κ2) is 2.45. The highest BCUT2D eigenvalue weighted by Gasteiger charge is 2.13. The van der Waals surface area contributed by atoms with E-state index in [9.17, 15) is 0 Å². The number of nitrogens with zero attached hydrogens (tertiary/aromatic N) is 1. The summed E-state index contributed by atoms with van der Waals surface area (Å²) < 4.78 is 0. The summed E-state index contributed by atoms with van der Waals surface area (Å²) in [6.07, 6.45) is 7.24. The van der Waals surface area contributed by atoms with Crippen LogP contribution in [-0.4, -0.2) is 12.3 Å². The maximum Gasteiger partial charge on any atom is 0.0632 e. The molecule has 0 aromatic heterocycles. The van der Waals surface area contributed by atoms with Gasteiger partial charge >= 0.3 is 0 Å². The van der Waals surface area contributed by atoms with Gasteiger partial charge in [0.15, 0.2) is 0 Å². The van der Waals surface area contributed by atoms with E-state index < -0.39 is 0 Å². The predicted octanol–water partition coefficient (Wildman–Crippen LogP) is 1.45. The van der Waals surface area contributed by atoms with Gasteiger partial charge in [0, 0.05) is 6.54 Å². The van der Waals surface area contributed by atoms with Gasteiger partial charge in [0.1, 0.15) is 0 Å². The van der Waals surface area contributed by atoms with Crippen molar-refractivity contribution in [3.8, 4) is 0 Å². The third-order valence-electron chi connectivity index (χ3n) is 2.10. The quantitative estimate of drug-likeness (QED) is 0.535. The molecule has 0 bridgehead atoms. The van der Waals surface area contributed by atoms with E-state index in [1.165, 1.54) is 37.0 Å². The summed E-state index contributed by atoms with van der Waals surface area (Å²) in [5.41, 5.74) is 5.83. The average Bonchev–Trinajstić information content (AvgIpc) is 2.05. The third kappa shape index (κ3) is 0.939. The van der Waals surface area contributed by atoms with Crippen molar-refractivity contribution in [2.75, 3.05) is 6.54 Å². The highest BCUT2D eigenvalue weighted by molar-refractivity contribution is 6.01. The number of hydrogen-bond donors (Lipinski definition) is 1. The molecular formula is C8H12N2. The van der Waals surface area contributed by atoms with Crippen molar-refractivity contribution in [2.24, 2.45) is 5.10 Å². The minimum atomic E-state index is 1.02. The van der Waals surface area contributed by atoms with Gasteiger partial charge in [-0.2, -0.15) is 5.10 Å². The molecule has 0 fully saturated rings. The predicted molar refractivity (Wildman–Crippen MR) is 42.0 cm³/mol. The Morgan fingerprint density at radius 3 is 3.30 bits per heavy atom. The lowest BCUT2D eigenvalue weighted by molar-refractivity contribution is 0.686. The largest absolute Gasteiger partial charge is 0.309 e. The minimum absolute atomic E-state index is 1.02. The van der Waals surface area contributed by atoms with Crippen molar-refractivity contribution in [1.29, 1.82) is 0 Å². The Balaban J connectivity index is 2.25. The Bertz CT molecular complexity index is 169. The molecule has 0 atom stereocenters. The molecule has 0 saturated heterocycles. The van der Waals surface area contributed by atoms with Crippen LogP contribution in [0.2, 0.25) is 0 Å². The van der Waals surface area contributed by atoms with E-state index in [0.29, 0.717) is 0 Å². The third-order valence-corrected chi connectivity index (χ3v) is 2.10. The van der Waals surface area contributed by atoms with Crippen LogP contribution in [0.3, 0.4) is 0 Å². The molecule has 54 valence electrons. The summed E-state index contributed by atoms with van der Waals surface area (Å²) in [4.78, 5) is 0. The van der Waals surface area contributed by atoms with Crippen LogP contribution >= 0.6 is 0 Å². The highest BCUT2D eigenvalue weighted by Crippen LogP contribution is 2.19. The van der Waals surface area contributed by atoms with Gasteiger partial charge in [-0.25, -0.2) is 0 Å². The van der Waals surface area contributed by atoms with Crippen LogP contribution in [0.4, 0.5) is 0 Å². The highest BCUT2D eigenvalue weighted by atomic mass is 15.3. The Morgan fingerprint density at radius 1 is 1.40 bits per heavy atom. The molecule has 10 heavy (non-hydrogen) atoms. The van der Waals surface area contributed by atoms with Gasteiger partial charge in [-0.15, -0.1) is 0 Å². The van der Waals surface area contributed by atoms with E-state index >= 15 is 0 Å². The molecule has 2 heteroatoms. The van der Waals surface area contributed by atoms with E-state index in [2.05, 4.69) is 16.6 Å². The monoisotopic (exact) mass is 136 g/mol. The standard InChI is InChI=1S/C8H12N2/c1-2-4-8-7(3-1)5-6-9-10-8/h3,9H,1-2,4-6H2. The Hall–Kier alpha value is -0.790. The molecule has 2 rings (SSSR count). The molecule has 0 saturated carbocycles. The van der Waals surface area contributed by atoms with Crippen LogP contribution in [0.25, 0.3) is 0 Å². The van der Waals surface area contributed by atoms with Crippen molar-refractivity contribution in [2.45, 2.75) is 25.7 Å². The van der Waals surface area contributed by atoms with Crippen LogP contribution in [0.1, 0.15) is 25.7 Å². The van der Waals surface area contributed by atoms with Gasteiger partial charge in [-0.3, -0.25) is 0 Å². The summed E-state index contributed by atoms with van der Waals surface area (Å²) in [5, 5.41) is 4.25. The summed E-state index contributed by atoms with van der Waals surface area (Å²) in [7, 11) is 0. The number of hydrazone groups is 1. The fourth-order valence-electron chi connectivity index (χ4n) is 1.54. The maximum absolute atomic E-state index is 4.25. The zero-order valence-corrected chi connectivity index (χ0v) is 6.06. The first-order valence-corrected chi connectivity index (χ1v) is 3.95. The molecule has 0 spiro atoms. The number of nitrogens with one attached hydrogen (secondary N) is 1. The first-order valence-electron chi connectivity index (χ1n) is 3.95. The molecule has 0 radical (unpaired) electrons. The van der Waals surface area contributed by atoms with E-state index in [-0.39, 0.29) is 0 Å². The Labute approximate surface area is 61.0 Å². The van der Waals surface area contributed by atoms with E-state index in [0.717, 1.165) is 6.54 Å². The molecule has 1 N–H and O–H groups in total. The minimum Gasteiger partial charge on any atom is -0.309 e. The van der Waals surface area contributed by atoms with Gasteiger partial charge in [-0.1, -0.05) is 6.08 Å². The first kappa shape index (κ1) is 5.96. The van der Waals surface area contributed by atoms with E-state index in [4.69, 9.17) is 0 Å². The van der Waals surface area contributed by atoms with Crippen LogP contribution in [-0.2, 0) is 0 Å². The normalized spacial score (nSPS) is 24.0. The van der Waals surface area contributed by atoms with Crippen LogP contribution in [0.5, 0.6) is 0 Å². The number of fused-ring (bicyclic) bond motifs is 1. The molecule has 0 amide bonds. The molecule has 0 aromatic rings. The average molecular weight is 136 g/mol. The molecule has 1 heterocycles. The smallest absolute Gasteiger partial charge is 0.0632 e. The molecule has 2 aliphatic rings. The summed E-state index contributed by atoms with van der Waals surface area (Å²) >= 11 is 0. The molecule has 1 aliphatic heterocycles. The summed E-state index contributed by atoms with van der Waals surface area (Å²) in [6.45, 7) is 1.02. The first-order chi connectivity index (χ1) is 4.97. The topological polar surface area (TPSA) is 24.4 Å². The molecule has 2 nitrogen and oxygen atoms in total. The number of hydrogen-bond acceptors (Lipinski definition) is 2. The van der Waals surface area contributed by atoms with Gasteiger partial charge in [-0.05, 0) is 31.3 Å². The SMILES string of the molecule is C1=C2CCNN=C2CCC1.